The number of nitrogens with one attached hydrogen (secondary N) is 1. The second-order valence-electron chi connectivity index (χ2n) is 4.81. The molecule has 6 heteroatoms. The van der Waals surface area contributed by atoms with Crippen molar-refractivity contribution in [3.63, 3.8) is 0 Å². The zero-order valence-corrected chi connectivity index (χ0v) is 13.1. The number of benzene rings is 1. The maximum absolute atomic E-state index is 12.2. The number of sulfonamides is 1. The van der Waals surface area contributed by atoms with Crippen molar-refractivity contribution in [3.05, 3.63) is 46.2 Å². The van der Waals surface area contributed by atoms with Gasteiger partial charge in [-0.3, -0.25) is 0 Å². The summed E-state index contributed by atoms with van der Waals surface area (Å²) >= 11 is 1.69. The quantitative estimate of drug-likeness (QED) is 0.834. The molecule has 20 heavy (non-hydrogen) atoms. The van der Waals surface area contributed by atoms with Crippen molar-refractivity contribution < 1.29 is 8.42 Å². The molecule has 0 fully saturated rings. The molecule has 1 aromatic heterocycles. The highest BCUT2D eigenvalue weighted by Crippen LogP contribution is 2.18. The van der Waals surface area contributed by atoms with E-state index in [1.54, 1.807) is 23.5 Å². The molecule has 0 aliphatic carbocycles. The SMILES string of the molecule is Cc1ccc(CC(C)NS(=O)(=O)c2ccc(N)cc2)s1. The first-order valence-electron chi connectivity index (χ1n) is 6.30. The van der Waals surface area contributed by atoms with Crippen LogP contribution in [0.2, 0.25) is 0 Å². The summed E-state index contributed by atoms with van der Waals surface area (Å²) in [4.78, 5) is 2.64. The smallest absolute Gasteiger partial charge is 0.240 e. The van der Waals surface area contributed by atoms with Gasteiger partial charge in [-0.25, -0.2) is 13.1 Å². The third-order valence-corrected chi connectivity index (χ3v) is 5.48. The predicted octanol–water partition coefficient (Wildman–Crippen LogP) is 2.55. The van der Waals surface area contributed by atoms with Crippen LogP contribution in [0.25, 0.3) is 0 Å². The van der Waals surface area contributed by atoms with Gasteiger partial charge in [0, 0.05) is 21.5 Å². The topological polar surface area (TPSA) is 72.2 Å². The minimum Gasteiger partial charge on any atom is -0.399 e. The van der Waals surface area contributed by atoms with Gasteiger partial charge in [-0.2, -0.15) is 0 Å². The van der Waals surface area contributed by atoms with E-state index in [1.807, 2.05) is 26.0 Å². The predicted molar refractivity (Wildman–Crippen MR) is 83.4 cm³/mol. The first-order chi connectivity index (χ1) is 9.37. The Labute approximate surface area is 123 Å². The van der Waals surface area contributed by atoms with Crippen molar-refractivity contribution in [1.82, 2.24) is 4.72 Å². The Hall–Kier alpha value is -1.37. The standard InChI is InChI=1S/C14H18N2O2S2/c1-10(9-13-6-3-11(2)19-13)16-20(17,18)14-7-4-12(15)5-8-14/h3-8,10,16H,9,15H2,1-2H3. The Bertz CT molecular complexity index is 675. The van der Waals surface area contributed by atoms with Crippen molar-refractivity contribution >= 4 is 27.0 Å². The number of hydrogen-bond acceptors (Lipinski definition) is 4. The molecule has 0 aliphatic rings. The normalized spacial score (nSPS) is 13.3. The van der Waals surface area contributed by atoms with Gasteiger partial charge in [-0.1, -0.05) is 0 Å². The molecule has 0 aliphatic heterocycles. The highest BCUT2D eigenvalue weighted by atomic mass is 32.2. The molecule has 2 rings (SSSR count). The highest BCUT2D eigenvalue weighted by molar-refractivity contribution is 7.89. The van der Waals surface area contributed by atoms with E-state index in [4.69, 9.17) is 5.73 Å². The van der Waals surface area contributed by atoms with Crippen LogP contribution in [0.15, 0.2) is 41.3 Å². The molecule has 2 aromatic rings. The third-order valence-electron chi connectivity index (χ3n) is 2.85. The van der Waals surface area contributed by atoms with Crippen LogP contribution >= 0.6 is 11.3 Å². The van der Waals surface area contributed by atoms with E-state index < -0.39 is 10.0 Å². The molecular weight excluding hydrogens is 292 g/mol. The van der Waals surface area contributed by atoms with Crippen LogP contribution < -0.4 is 10.5 Å². The van der Waals surface area contributed by atoms with Gasteiger partial charge in [-0.15, -0.1) is 11.3 Å². The van der Waals surface area contributed by atoms with E-state index in [2.05, 4.69) is 4.72 Å². The molecule has 1 heterocycles. The Morgan fingerprint density at radius 2 is 1.85 bits per heavy atom. The van der Waals surface area contributed by atoms with Crippen LogP contribution in [0.5, 0.6) is 0 Å². The summed E-state index contributed by atoms with van der Waals surface area (Å²) in [5.41, 5.74) is 6.11. The summed E-state index contributed by atoms with van der Waals surface area (Å²) in [6, 6.07) is 10.1. The van der Waals surface area contributed by atoms with Gasteiger partial charge in [0.2, 0.25) is 10.0 Å². The minimum atomic E-state index is -3.49. The number of aryl methyl sites for hydroxylation is 1. The minimum absolute atomic E-state index is 0.157. The van der Waals surface area contributed by atoms with Crippen LogP contribution in [-0.4, -0.2) is 14.5 Å². The van der Waals surface area contributed by atoms with Crippen LogP contribution in [-0.2, 0) is 16.4 Å². The zero-order chi connectivity index (χ0) is 14.8. The van der Waals surface area contributed by atoms with Gasteiger partial charge < -0.3 is 5.73 Å². The molecule has 108 valence electrons. The van der Waals surface area contributed by atoms with E-state index in [0.717, 1.165) is 0 Å². The molecule has 0 saturated heterocycles. The van der Waals surface area contributed by atoms with Gasteiger partial charge in [-0.05, 0) is 56.7 Å². The number of nitrogens with two attached hydrogens (primary N) is 1. The largest absolute Gasteiger partial charge is 0.399 e. The van der Waals surface area contributed by atoms with Crippen molar-refractivity contribution in [2.45, 2.75) is 31.2 Å². The number of anilines is 1. The lowest BCUT2D eigenvalue weighted by atomic mass is 10.2. The van der Waals surface area contributed by atoms with Gasteiger partial charge in [0.1, 0.15) is 0 Å². The van der Waals surface area contributed by atoms with Gasteiger partial charge in [0.25, 0.3) is 0 Å². The first-order valence-corrected chi connectivity index (χ1v) is 8.60. The third kappa shape index (κ3) is 3.82. The lowest BCUT2D eigenvalue weighted by molar-refractivity contribution is 0.561. The molecule has 0 spiro atoms. The average molecular weight is 310 g/mol. The lowest BCUT2D eigenvalue weighted by Crippen LogP contribution is -2.33. The molecule has 4 nitrogen and oxygen atoms in total. The van der Waals surface area contributed by atoms with E-state index in [9.17, 15) is 8.42 Å². The van der Waals surface area contributed by atoms with Crippen LogP contribution in [0, 0.1) is 6.92 Å². The summed E-state index contributed by atoms with van der Waals surface area (Å²) in [7, 11) is -3.49. The fraction of sp³-hybridized carbons (Fsp3) is 0.286. The molecule has 1 atom stereocenters. The fourth-order valence-corrected chi connectivity index (χ4v) is 4.18. The van der Waals surface area contributed by atoms with Crippen LogP contribution in [0.4, 0.5) is 5.69 Å². The molecule has 0 amide bonds. The van der Waals surface area contributed by atoms with Crippen LogP contribution in [0.3, 0.4) is 0 Å². The molecule has 1 unspecified atom stereocenters. The van der Waals surface area contributed by atoms with Gasteiger partial charge >= 0.3 is 0 Å². The molecular formula is C14H18N2O2S2. The average Bonchev–Trinajstić information content (AvgIpc) is 2.74. The maximum Gasteiger partial charge on any atom is 0.240 e. The number of hydrogen-bond donors (Lipinski definition) is 2. The van der Waals surface area contributed by atoms with E-state index in [1.165, 1.54) is 21.9 Å². The second-order valence-corrected chi connectivity index (χ2v) is 7.89. The molecule has 3 N–H and O–H groups in total. The first kappa shape index (κ1) is 15.0. The summed E-state index contributed by atoms with van der Waals surface area (Å²) in [5.74, 6) is 0. The number of rotatable bonds is 5. The molecule has 0 saturated carbocycles. The molecule has 0 radical (unpaired) electrons. The Kier molecular flexibility index (Phi) is 4.47. The lowest BCUT2D eigenvalue weighted by Gasteiger charge is -2.13. The van der Waals surface area contributed by atoms with Crippen molar-refractivity contribution in [2.24, 2.45) is 0 Å². The highest BCUT2D eigenvalue weighted by Gasteiger charge is 2.17. The van der Waals surface area contributed by atoms with Crippen molar-refractivity contribution in [1.29, 1.82) is 0 Å². The van der Waals surface area contributed by atoms with Crippen molar-refractivity contribution in [2.75, 3.05) is 5.73 Å². The Morgan fingerprint density at radius 3 is 2.40 bits per heavy atom. The summed E-state index contributed by atoms with van der Waals surface area (Å²) in [6.45, 7) is 3.90. The molecule has 1 aromatic carbocycles. The summed E-state index contributed by atoms with van der Waals surface area (Å²) < 4.78 is 27.1. The van der Waals surface area contributed by atoms with Crippen LogP contribution in [0.1, 0.15) is 16.7 Å². The van der Waals surface area contributed by atoms with E-state index >= 15 is 0 Å². The van der Waals surface area contributed by atoms with E-state index in [0.29, 0.717) is 12.1 Å². The Morgan fingerprint density at radius 1 is 1.20 bits per heavy atom. The maximum atomic E-state index is 12.2. The molecule has 0 bridgehead atoms. The number of nitrogen functional groups attached to an aromatic ring is 1. The monoisotopic (exact) mass is 310 g/mol. The van der Waals surface area contributed by atoms with Crippen molar-refractivity contribution in [3.8, 4) is 0 Å². The number of thiophene rings is 1. The summed E-state index contributed by atoms with van der Waals surface area (Å²) in [5, 5.41) is 0. The van der Waals surface area contributed by atoms with E-state index in [-0.39, 0.29) is 10.9 Å². The second kappa shape index (κ2) is 5.95. The zero-order valence-electron chi connectivity index (χ0n) is 11.5. The summed E-state index contributed by atoms with van der Waals surface area (Å²) in [6.07, 6.45) is 0.687. The van der Waals surface area contributed by atoms with Gasteiger partial charge in [0.05, 0.1) is 4.90 Å². The Balaban J connectivity index is 2.06. The van der Waals surface area contributed by atoms with Gasteiger partial charge in [0.15, 0.2) is 0 Å². The fourth-order valence-electron chi connectivity index (χ4n) is 1.92.